The number of aromatic nitrogens is 3. The zero-order chi connectivity index (χ0) is 29.0. The monoisotopic (exact) mass is 597 g/mol. The molecule has 1 saturated carbocycles. The predicted molar refractivity (Wildman–Crippen MR) is 168 cm³/mol. The summed E-state index contributed by atoms with van der Waals surface area (Å²) in [6.45, 7) is 2.37. The van der Waals surface area contributed by atoms with Crippen LogP contribution in [0.1, 0.15) is 29.5 Å². The Hall–Kier alpha value is -3.91. The summed E-state index contributed by atoms with van der Waals surface area (Å²) < 4.78 is 7.29. The van der Waals surface area contributed by atoms with Gasteiger partial charge in [0.1, 0.15) is 11.4 Å². The van der Waals surface area contributed by atoms with Crippen LogP contribution in [0.2, 0.25) is 10.0 Å². The van der Waals surface area contributed by atoms with E-state index in [4.69, 9.17) is 32.9 Å². The minimum absolute atomic E-state index is 0.227. The Kier molecular flexibility index (Phi) is 6.69. The molecule has 1 fully saturated rings. The normalized spacial score (nSPS) is 15.0. The number of nitrogens with zero attached hydrogens (tertiary/aromatic N) is 4. The van der Waals surface area contributed by atoms with E-state index in [-0.39, 0.29) is 5.43 Å². The molecule has 0 radical (unpaired) electrons. The fourth-order valence-corrected chi connectivity index (χ4v) is 6.60. The van der Waals surface area contributed by atoms with E-state index in [1.54, 1.807) is 37.7 Å². The molecule has 9 heteroatoms. The first-order valence-electron chi connectivity index (χ1n) is 13.9. The third kappa shape index (κ3) is 4.62. The average Bonchev–Trinajstić information content (AvgIpc) is 3.78. The molecule has 7 nitrogen and oxygen atoms in total. The van der Waals surface area contributed by atoms with Gasteiger partial charge in [-0.05, 0) is 65.9 Å². The molecule has 1 aliphatic carbocycles. The fraction of sp³-hybridized carbons (Fsp3) is 0.242. The summed E-state index contributed by atoms with van der Waals surface area (Å²) in [6, 6.07) is 19.7. The summed E-state index contributed by atoms with van der Waals surface area (Å²) in [5.41, 5.74) is 6.28. The molecule has 2 aromatic heterocycles. The molecular formula is C33H29Cl2N5O2. The largest absolute Gasteiger partial charge is 0.497 e. The SMILES string of the molecule is COc1ccc(Cn2cc(-c3c(Cl)cccc3Cl)c(=O)c3cnc(N(C)c4ccc5c(c4)CNCC54CC4)nc32)cc1. The lowest BCUT2D eigenvalue weighted by atomic mass is 9.88. The van der Waals surface area contributed by atoms with E-state index in [1.165, 1.54) is 24.0 Å². The third-order valence-electron chi connectivity index (χ3n) is 8.53. The van der Waals surface area contributed by atoms with Crippen LogP contribution in [0.4, 0.5) is 11.6 Å². The smallest absolute Gasteiger partial charge is 0.231 e. The van der Waals surface area contributed by atoms with Gasteiger partial charge in [-0.3, -0.25) is 4.79 Å². The van der Waals surface area contributed by atoms with E-state index in [2.05, 4.69) is 28.5 Å². The van der Waals surface area contributed by atoms with E-state index < -0.39 is 0 Å². The first-order chi connectivity index (χ1) is 20.4. The van der Waals surface area contributed by atoms with Gasteiger partial charge >= 0.3 is 0 Å². The number of fused-ring (bicyclic) bond motifs is 3. The summed E-state index contributed by atoms with van der Waals surface area (Å²) in [5, 5.41) is 4.78. The molecule has 1 spiro atoms. The molecule has 0 unspecified atom stereocenters. The number of rotatable bonds is 6. The van der Waals surface area contributed by atoms with Crippen molar-refractivity contribution in [2.45, 2.75) is 31.3 Å². The lowest BCUT2D eigenvalue weighted by molar-refractivity contribution is 0.414. The van der Waals surface area contributed by atoms with E-state index >= 15 is 0 Å². The highest BCUT2D eigenvalue weighted by Gasteiger charge is 2.46. The highest BCUT2D eigenvalue weighted by molar-refractivity contribution is 6.39. The number of halogens is 2. The van der Waals surface area contributed by atoms with Gasteiger partial charge in [0.25, 0.3) is 0 Å². The zero-order valence-electron chi connectivity index (χ0n) is 23.3. The minimum Gasteiger partial charge on any atom is -0.497 e. The first-order valence-corrected chi connectivity index (χ1v) is 14.7. The number of pyridine rings is 1. The minimum atomic E-state index is -0.227. The van der Waals surface area contributed by atoms with E-state index in [0.29, 0.717) is 50.1 Å². The molecule has 1 N–H and O–H groups in total. The maximum atomic E-state index is 13.9. The quantitative estimate of drug-likeness (QED) is 0.234. The number of benzene rings is 3. The Balaban J connectivity index is 1.35. The van der Waals surface area contributed by atoms with Crippen molar-refractivity contribution in [3.63, 3.8) is 0 Å². The molecule has 2 aliphatic rings. The number of nitrogens with one attached hydrogen (secondary N) is 1. The molecular weight excluding hydrogens is 569 g/mol. The summed E-state index contributed by atoms with van der Waals surface area (Å²) in [7, 11) is 3.59. The summed E-state index contributed by atoms with van der Waals surface area (Å²) in [5.74, 6) is 1.27. The average molecular weight is 599 g/mol. The third-order valence-corrected chi connectivity index (χ3v) is 9.16. The molecule has 1 aliphatic heterocycles. The van der Waals surface area contributed by atoms with Gasteiger partial charge < -0.3 is 19.5 Å². The topological polar surface area (TPSA) is 72.3 Å². The van der Waals surface area contributed by atoms with Gasteiger partial charge in [0.15, 0.2) is 0 Å². The number of anilines is 2. The molecule has 3 heterocycles. The van der Waals surface area contributed by atoms with Gasteiger partial charge in [-0.25, -0.2) is 4.98 Å². The Morgan fingerprint density at radius 1 is 1.07 bits per heavy atom. The van der Waals surface area contributed by atoms with Crippen LogP contribution in [0.3, 0.4) is 0 Å². The van der Waals surface area contributed by atoms with Crippen LogP contribution >= 0.6 is 23.2 Å². The maximum absolute atomic E-state index is 13.9. The molecule has 7 rings (SSSR count). The van der Waals surface area contributed by atoms with E-state index in [0.717, 1.165) is 30.1 Å². The van der Waals surface area contributed by atoms with Crippen molar-refractivity contribution in [1.82, 2.24) is 19.9 Å². The zero-order valence-corrected chi connectivity index (χ0v) is 24.8. The van der Waals surface area contributed by atoms with Crippen LogP contribution in [0.5, 0.6) is 5.75 Å². The highest BCUT2D eigenvalue weighted by atomic mass is 35.5. The molecule has 0 bridgehead atoms. The van der Waals surface area contributed by atoms with Crippen molar-refractivity contribution in [2.75, 3.05) is 25.6 Å². The van der Waals surface area contributed by atoms with Crippen molar-refractivity contribution in [3.8, 4) is 16.9 Å². The van der Waals surface area contributed by atoms with E-state index in [1.807, 2.05) is 40.8 Å². The summed E-state index contributed by atoms with van der Waals surface area (Å²) in [6.07, 6.45) is 5.87. The molecule has 5 aromatic rings. The molecule has 212 valence electrons. The second kappa shape index (κ2) is 10.4. The fourth-order valence-electron chi connectivity index (χ4n) is 6.00. The van der Waals surface area contributed by atoms with Gasteiger partial charge in [-0.1, -0.05) is 47.5 Å². The highest BCUT2D eigenvalue weighted by Crippen LogP contribution is 2.51. The Morgan fingerprint density at radius 3 is 2.55 bits per heavy atom. The molecule has 42 heavy (non-hydrogen) atoms. The molecule has 3 aromatic carbocycles. The van der Waals surface area contributed by atoms with Crippen LogP contribution in [-0.4, -0.2) is 35.2 Å². The maximum Gasteiger partial charge on any atom is 0.231 e. The predicted octanol–water partition coefficient (Wildman–Crippen LogP) is 6.72. The van der Waals surface area contributed by atoms with Gasteiger partial charge in [0.2, 0.25) is 11.4 Å². The molecule has 0 saturated heterocycles. The number of ether oxygens (including phenoxy) is 1. The van der Waals surface area contributed by atoms with Gasteiger partial charge in [-0.15, -0.1) is 0 Å². The van der Waals surface area contributed by atoms with Gasteiger partial charge in [0, 0.05) is 61.3 Å². The number of methoxy groups -OCH3 is 1. The Bertz CT molecular complexity index is 1880. The van der Waals surface area contributed by atoms with Crippen molar-refractivity contribution < 1.29 is 4.74 Å². The lowest BCUT2D eigenvalue weighted by Crippen LogP contribution is -2.33. The second-order valence-corrected chi connectivity index (χ2v) is 12.0. The van der Waals surface area contributed by atoms with Crippen LogP contribution in [0.15, 0.2) is 77.9 Å². The van der Waals surface area contributed by atoms with Crippen molar-refractivity contribution in [3.05, 3.63) is 110 Å². The molecule has 0 amide bonds. The Labute approximate surface area is 253 Å². The van der Waals surface area contributed by atoms with Crippen molar-refractivity contribution in [1.29, 1.82) is 0 Å². The number of hydrogen-bond donors (Lipinski definition) is 1. The van der Waals surface area contributed by atoms with Crippen LogP contribution < -0.4 is 20.4 Å². The number of hydrogen-bond acceptors (Lipinski definition) is 6. The lowest BCUT2D eigenvalue weighted by Gasteiger charge is -2.28. The van der Waals surface area contributed by atoms with Gasteiger partial charge in [0.05, 0.1) is 22.5 Å². The van der Waals surface area contributed by atoms with E-state index in [9.17, 15) is 4.79 Å². The standard InChI is InChI=1S/C33H29Cl2N5O2/c1-39(22-8-11-26-21(14-22)15-36-19-33(26)12-13-33)32-37-16-24-30(41)25(29-27(34)4-3-5-28(29)35)18-40(31(24)38-32)17-20-6-9-23(42-2)10-7-20/h3-11,14,16,18,36H,12-13,15,17,19H2,1-2H3. The Morgan fingerprint density at radius 2 is 1.83 bits per heavy atom. The van der Waals surface area contributed by atoms with Crippen molar-refractivity contribution >= 4 is 45.9 Å². The van der Waals surface area contributed by atoms with Crippen molar-refractivity contribution in [2.24, 2.45) is 0 Å². The first kappa shape index (κ1) is 27.0. The van der Waals surface area contributed by atoms with Crippen LogP contribution in [-0.2, 0) is 18.5 Å². The van der Waals surface area contributed by atoms with Crippen LogP contribution in [0, 0.1) is 0 Å². The van der Waals surface area contributed by atoms with Crippen LogP contribution in [0.25, 0.3) is 22.2 Å². The summed E-state index contributed by atoms with van der Waals surface area (Å²) in [4.78, 5) is 25.4. The molecule has 0 atom stereocenters. The summed E-state index contributed by atoms with van der Waals surface area (Å²) >= 11 is 13.1. The second-order valence-electron chi connectivity index (χ2n) is 11.1. The van der Waals surface area contributed by atoms with Gasteiger partial charge in [-0.2, -0.15) is 4.98 Å².